The van der Waals surface area contributed by atoms with E-state index in [1.807, 2.05) is 13.8 Å². The summed E-state index contributed by atoms with van der Waals surface area (Å²) < 4.78 is 51.7. The molecule has 0 radical (unpaired) electrons. The van der Waals surface area contributed by atoms with Crippen LogP contribution in [0.4, 0.5) is 0 Å². The van der Waals surface area contributed by atoms with Crippen molar-refractivity contribution < 1.29 is 127 Å². The quantitative estimate of drug-likeness (QED) is 0.0639. The van der Waals surface area contributed by atoms with Crippen LogP contribution in [-0.2, 0) is 62.0 Å². The number of hydrogen-bond donors (Lipinski definition) is 20. The normalized spacial score (nSPS) is 32.2. The lowest BCUT2D eigenvalue weighted by Crippen LogP contribution is -2.64. The average molecular weight is 1560 g/mol. The van der Waals surface area contributed by atoms with Crippen LogP contribution >= 0.6 is 11.6 Å². The van der Waals surface area contributed by atoms with Gasteiger partial charge in [-0.25, -0.2) is 4.79 Å². The molecule has 7 amide bonds. The molecule has 5 aromatic carbocycles. The van der Waals surface area contributed by atoms with Gasteiger partial charge in [-0.15, -0.1) is 0 Å². The molecular formula is C73H89ClN10O26. The number of aliphatic hydroxyl groups is 6. The number of aliphatic carboxylic acids is 1. The molecule has 8 heterocycles. The van der Waals surface area contributed by atoms with Gasteiger partial charge in [0.1, 0.15) is 89.5 Å². The predicted molar refractivity (Wildman–Crippen MR) is 381 cm³/mol. The van der Waals surface area contributed by atoms with Crippen LogP contribution in [0.5, 0.6) is 46.0 Å². The number of hydrogen-bond acceptors (Lipinski definition) is 28. The number of fused-ring (bicyclic) bond motifs is 15. The number of amides is 7. The van der Waals surface area contributed by atoms with Crippen molar-refractivity contribution in [3.8, 4) is 57.1 Å². The molecule has 3 fully saturated rings. The number of carboxylic acids is 1. The van der Waals surface area contributed by atoms with E-state index < -0.39 is 250 Å². The minimum atomic E-state index is -2.34. The fraction of sp³-hybridized carbons (Fsp3) is 0.479. The molecule has 8 aliphatic heterocycles. The molecular weight excluding hydrogens is 1470 g/mol. The molecule has 13 rings (SSSR count). The third-order valence-corrected chi connectivity index (χ3v) is 20.4. The summed E-state index contributed by atoms with van der Waals surface area (Å²) in [5, 5.41) is 132. The van der Waals surface area contributed by atoms with Gasteiger partial charge >= 0.3 is 5.97 Å². The number of rotatable bonds is 15. The van der Waals surface area contributed by atoms with E-state index in [1.54, 1.807) is 0 Å². The summed E-state index contributed by atoms with van der Waals surface area (Å²) in [4.78, 5) is 120. The number of aromatic hydroxyl groups is 3. The van der Waals surface area contributed by atoms with Gasteiger partial charge in [0.05, 0.1) is 48.5 Å². The SMILES string of the molecule is CN[C@H](CC(C)C)C(=O)N[C@H]1C(=O)N[C@@H](CC(N)=O)C(=O)N[C@H]2C(=O)N[C@H]3C(=O)N[C@H](C(=O)N[C@H](C(=O)O)c4cc(O)cc(O)c4-c4cc3ccc4O)[C@H](O[C@H]3C[C@](C)(N)[C@@H](O)[C@H](C)O3)c3ccc(cc3)Oc3cc2cc(c3O[C@@H]2O[C@H](CO)[C@@H](O)[C@H](O)[C@H]2O[C@H]2C[C@](C)(N)[C@@H](O)[C@H](C)O2)Oc2ccc(cc2Cl)[C@H]1O. The number of ether oxygens (including phenoxy) is 8. The molecule has 0 aromatic heterocycles. The third-order valence-electron chi connectivity index (χ3n) is 20.1. The zero-order chi connectivity index (χ0) is 80.0. The van der Waals surface area contributed by atoms with E-state index in [0.29, 0.717) is 0 Å². The number of likely N-dealkylation sites (N-methyl/N-ethyl adjacent to an activating group) is 1. The summed E-state index contributed by atoms with van der Waals surface area (Å²) in [6.45, 7) is 8.66. The minimum absolute atomic E-state index is 0.0420. The van der Waals surface area contributed by atoms with Crippen LogP contribution in [0.2, 0.25) is 5.02 Å². The first-order valence-corrected chi connectivity index (χ1v) is 35.6. The monoisotopic (exact) mass is 1560 g/mol. The standard InChI is InChI=1S/C73H89ClN10O26/c1-27(2)16-39(78-7)64(95)83-54-56(90)32-11-15-43(38(74)18-32)106-45-20-33-19-44(60(45)110-71-61(58(92)57(91)46(26-85)107-71)109-49-25-73(6,77)63(94)29(4)104-49)105-35-12-8-30(9-13-35)59(108-48-24-72(5,76)62(93)28(3)103-48)55-69(100)82-53(70(101)102)37-21-34(86)22-42(88)50(37)36-17-31(10-14-41(36)87)51(66(97)84-55)81-67(98)52(33)80-65(96)40(23-47(75)89)79-68(54)99/h8-15,17-22,27-29,39-40,46,48-49,51-59,61-63,71,78,85-88,90-94H,16,23-26,76-77H2,1-7H3,(H2,75,89)(H,79,99)(H,80,96)(H,81,98)(H,82,100)(H,83,95)(H,84,97)(H,101,102)/t28-,29-,39+,40-,46+,48-,49-,51+,52+,53-,54+,55-,56+,57+,58-,59+,61+,62-,63-,71-,72-,73-/m0/s1. The number of nitrogens with one attached hydrogen (secondary N) is 7. The van der Waals surface area contributed by atoms with E-state index in [4.69, 9.17) is 66.7 Å². The second kappa shape index (κ2) is 32.8. The third kappa shape index (κ3) is 17.3. The lowest BCUT2D eigenvalue weighted by atomic mass is 9.86. The van der Waals surface area contributed by atoms with E-state index in [-0.39, 0.29) is 58.4 Å². The fourth-order valence-electron chi connectivity index (χ4n) is 14.2. The molecule has 36 nitrogen and oxygen atoms in total. The van der Waals surface area contributed by atoms with Crippen molar-refractivity contribution in [3.63, 3.8) is 0 Å². The Hall–Kier alpha value is -9.61. The number of phenolic OH excluding ortho intramolecular Hbond substituents is 3. The Bertz CT molecular complexity index is 4350. The Labute approximate surface area is 633 Å². The summed E-state index contributed by atoms with van der Waals surface area (Å²) in [7, 11) is 1.48. The second-order valence-electron chi connectivity index (χ2n) is 29.1. The summed E-state index contributed by atoms with van der Waals surface area (Å²) >= 11 is 7.13. The number of carbonyl (C=O) groups is 8. The highest BCUT2D eigenvalue weighted by Crippen LogP contribution is 2.50. The van der Waals surface area contributed by atoms with Crippen molar-refractivity contribution in [2.75, 3.05) is 13.7 Å². The second-order valence-corrected chi connectivity index (χ2v) is 29.5. The van der Waals surface area contributed by atoms with Crippen molar-refractivity contribution in [1.29, 1.82) is 0 Å². The van der Waals surface area contributed by atoms with Gasteiger partial charge in [0.15, 0.2) is 36.2 Å². The summed E-state index contributed by atoms with van der Waals surface area (Å²) in [6, 6.07) is 1.51. The van der Waals surface area contributed by atoms with Crippen LogP contribution in [0.3, 0.4) is 0 Å². The fourth-order valence-corrected chi connectivity index (χ4v) is 14.4. The average Bonchev–Trinajstić information content (AvgIpc) is 0.765. The van der Waals surface area contributed by atoms with Gasteiger partial charge in [-0.2, -0.15) is 0 Å². The Morgan fingerprint density at radius 1 is 0.673 bits per heavy atom. The summed E-state index contributed by atoms with van der Waals surface area (Å²) in [5.41, 5.74) is 13.6. The Morgan fingerprint density at radius 3 is 1.87 bits per heavy atom. The molecule has 3 saturated heterocycles. The molecule has 11 bridgehead atoms. The first kappa shape index (κ1) is 81.4. The summed E-state index contributed by atoms with van der Waals surface area (Å²) in [6.07, 6.45) is -22.4. The predicted octanol–water partition coefficient (Wildman–Crippen LogP) is -0.310. The topological polar surface area (TPSA) is 575 Å². The largest absolute Gasteiger partial charge is 0.508 e. The van der Waals surface area contributed by atoms with Gasteiger partial charge in [0, 0.05) is 46.7 Å². The van der Waals surface area contributed by atoms with E-state index in [9.17, 15) is 70.2 Å². The number of carboxylic acid groups (broad SMARTS) is 1. The highest BCUT2D eigenvalue weighted by atomic mass is 35.5. The maximum atomic E-state index is 16.3. The van der Waals surface area contributed by atoms with Gasteiger partial charge in [-0.1, -0.05) is 49.7 Å². The van der Waals surface area contributed by atoms with E-state index in [0.717, 1.165) is 48.5 Å². The molecule has 5 aromatic rings. The molecule has 0 saturated carbocycles. The Balaban J connectivity index is 1.18. The van der Waals surface area contributed by atoms with Crippen LogP contribution in [0.15, 0.2) is 84.9 Å². The Kier molecular flexibility index (Phi) is 24.2. The van der Waals surface area contributed by atoms with Gasteiger partial charge in [-0.3, -0.25) is 33.6 Å². The number of carbonyl (C=O) groups excluding carboxylic acids is 7. The first-order valence-electron chi connectivity index (χ1n) is 35.2. The van der Waals surface area contributed by atoms with Crippen molar-refractivity contribution >= 4 is 58.9 Å². The van der Waals surface area contributed by atoms with Crippen LogP contribution in [0.25, 0.3) is 11.1 Å². The molecule has 23 N–H and O–H groups in total. The first-order chi connectivity index (χ1) is 51.8. The van der Waals surface area contributed by atoms with Gasteiger partial charge < -0.3 is 143 Å². The van der Waals surface area contributed by atoms with Crippen LogP contribution in [-0.4, -0.2) is 215 Å². The highest BCUT2D eigenvalue weighted by Gasteiger charge is 2.52. The van der Waals surface area contributed by atoms with Crippen molar-refractivity contribution in [2.45, 2.75) is 201 Å². The number of benzene rings is 5. The number of nitrogens with two attached hydrogens (primary N) is 3. The lowest BCUT2D eigenvalue weighted by Gasteiger charge is -2.47. The number of halogens is 1. The molecule has 37 heteroatoms. The number of primary amides is 1. The molecule has 0 spiro atoms. The van der Waals surface area contributed by atoms with Crippen LogP contribution < -0.4 is 68.6 Å². The maximum absolute atomic E-state index is 16.3. The molecule has 0 aliphatic carbocycles. The number of aliphatic hydroxyl groups excluding tert-OH is 6. The molecule has 594 valence electrons. The van der Waals surface area contributed by atoms with Crippen molar-refractivity contribution in [3.05, 3.63) is 118 Å². The van der Waals surface area contributed by atoms with E-state index >= 15 is 19.2 Å². The van der Waals surface area contributed by atoms with Crippen molar-refractivity contribution in [1.82, 2.24) is 37.2 Å². The zero-order valence-corrected chi connectivity index (χ0v) is 61.1. The van der Waals surface area contributed by atoms with E-state index in [1.165, 1.54) is 71.1 Å². The lowest BCUT2D eigenvalue weighted by molar-refractivity contribution is -0.333. The molecule has 8 aliphatic rings. The van der Waals surface area contributed by atoms with Crippen molar-refractivity contribution in [2.24, 2.45) is 23.1 Å². The van der Waals surface area contributed by atoms with Crippen LogP contribution in [0.1, 0.15) is 125 Å². The maximum Gasteiger partial charge on any atom is 0.330 e. The minimum Gasteiger partial charge on any atom is -0.508 e. The molecule has 110 heavy (non-hydrogen) atoms. The van der Waals surface area contributed by atoms with Gasteiger partial charge in [0.25, 0.3) is 0 Å². The highest BCUT2D eigenvalue weighted by molar-refractivity contribution is 6.32. The van der Waals surface area contributed by atoms with Gasteiger partial charge in [0.2, 0.25) is 53.4 Å². The van der Waals surface area contributed by atoms with Crippen LogP contribution in [0, 0.1) is 5.92 Å². The smallest absolute Gasteiger partial charge is 0.330 e. The van der Waals surface area contributed by atoms with Gasteiger partial charge in [-0.05, 0) is 124 Å². The Morgan fingerprint density at radius 2 is 1.27 bits per heavy atom. The molecule has 0 unspecified atom stereocenters. The number of phenols is 3. The zero-order valence-electron chi connectivity index (χ0n) is 60.4. The van der Waals surface area contributed by atoms with E-state index in [2.05, 4.69) is 37.2 Å². The molecule has 22 atom stereocenters. The summed E-state index contributed by atoms with van der Waals surface area (Å²) in [5.74, 6) is -15.5.